The molecule has 1 N–H and O–H groups in total. The highest BCUT2D eigenvalue weighted by molar-refractivity contribution is 6.03. The highest BCUT2D eigenvalue weighted by Crippen LogP contribution is 2.41. The van der Waals surface area contributed by atoms with E-state index in [1.54, 1.807) is 12.1 Å². The molecule has 24 heavy (non-hydrogen) atoms. The first-order chi connectivity index (χ1) is 11.2. The van der Waals surface area contributed by atoms with Crippen molar-refractivity contribution in [1.29, 1.82) is 0 Å². The number of likely N-dealkylation sites (tertiary alicyclic amines) is 1. The quantitative estimate of drug-likeness (QED) is 0.923. The molecule has 130 valence electrons. The molecule has 5 nitrogen and oxygen atoms in total. The molecule has 0 radical (unpaired) electrons. The summed E-state index contributed by atoms with van der Waals surface area (Å²) in [6.07, 6.45) is 0.216. The van der Waals surface area contributed by atoms with Crippen LogP contribution < -0.4 is 4.90 Å². The number of carboxylic acids is 1. The van der Waals surface area contributed by atoms with Gasteiger partial charge in [0.25, 0.3) is 5.91 Å². The lowest BCUT2D eigenvalue weighted by molar-refractivity contribution is -0.131. The molecule has 2 fully saturated rings. The molecule has 6 heteroatoms. The van der Waals surface area contributed by atoms with Gasteiger partial charge >= 0.3 is 5.97 Å². The van der Waals surface area contributed by atoms with Crippen molar-refractivity contribution in [2.24, 2.45) is 5.92 Å². The van der Waals surface area contributed by atoms with Gasteiger partial charge in [-0.25, -0.2) is 9.18 Å². The number of carbonyl (C=O) groups excluding carboxylic acids is 1. The third-order valence-electron chi connectivity index (χ3n) is 5.24. The predicted octanol–water partition coefficient (Wildman–Crippen LogP) is 2.51. The summed E-state index contributed by atoms with van der Waals surface area (Å²) in [5, 5.41) is 9.32. The number of aromatic carboxylic acids is 1. The van der Waals surface area contributed by atoms with Crippen molar-refractivity contribution in [1.82, 2.24) is 4.90 Å². The Labute approximate surface area is 141 Å². The Morgan fingerprint density at radius 3 is 2.71 bits per heavy atom. The largest absolute Gasteiger partial charge is 0.478 e. The van der Waals surface area contributed by atoms with Crippen molar-refractivity contribution in [2.45, 2.75) is 31.9 Å². The molecule has 0 bridgehead atoms. The van der Waals surface area contributed by atoms with Crippen LogP contribution in [0.5, 0.6) is 0 Å². The van der Waals surface area contributed by atoms with Gasteiger partial charge in [-0.1, -0.05) is 13.8 Å². The Morgan fingerprint density at radius 2 is 2.08 bits per heavy atom. The van der Waals surface area contributed by atoms with E-state index < -0.39 is 17.5 Å². The second kappa shape index (κ2) is 5.84. The molecule has 0 spiro atoms. The lowest BCUT2D eigenvalue weighted by Crippen LogP contribution is -2.49. The van der Waals surface area contributed by atoms with Crippen LogP contribution in [0.15, 0.2) is 18.2 Å². The van der Waals surface area contributed by atoms with Crippen LogP contribution in [0.4, 0.5) is 10.1 Å². The molecule has 2 saturated heterocycles. The van der Waals surface area contributed by atoms with Crippen LogP contribution >= 0.6 is 0 Å². The lowest BCUT2D eigenvalue weighted by Gasteiger charge is -2.34. The Bertz CT molecular complexity index is 691. The van der Waals surface area contributed by atoms with Crippen LogP contribution in [0.2, 0.25) is 0 Å². The number of alkyl halides is 1. The van der Waals surface area contributed by atoms with E-state index in [1.807, 2.05) is 25.8 Å². The van der Waals surface area contributed by atoms with Crippen LogP contribution in [-0.2, 0) is 4.79 Å². The van der Waals surface area contributed by atoms with Crippen molar-refractivity contribution in [3.63, 3.8) is 0 Å². The third kappa shape index (κ3) is 2.59. The highest BCUT2D eigenvalue weighted by atomic mass is 19.1. The molecule has 0 saturated carbocycles. The molecule has 2 aliphatic rings. The molecule has 1 amide bonds. The SMILES string of the molecule is CC(C)c1cc(N2C[C@@H]3CN(C)CC[C@]3(F)C2=O)ccc1C(=O)O. The fourth-order valence-electron chi connectivity index (χ4n) is 3.79. The molecule has 1 aromatic rings. The third-order valence-corrected chi connectivity index (χ3v) is 5.24. The van der Waals surface area contributed by atoms with Crippen LogP contribution in [-0.4, -0.2) is 54.2 Å². The number of hydrogen-bond acceptors (Lipinski definition) is 3. The van der Waals surface area contributed by atoms with Crippen molar-refractivity contribution in [3.05, 3.63) is 29.3 Å². The number of amides is 1. The summed E-state index contributed by atoms with van der Waals surface area (Å²) in [4.78, 5) is 27.6. The van der Waals surface area contributed by atoms with E-state index in [0.717, 1.165) is 0 Å². The van der Waals surface area contributed by atoms with E-state index in [9.17, 15) is 14.7 Å². The number of anilines is 1. The average molecular weight is 334 g/mol. The van der Waals surface area contributed by atoms with Crippen LogP contribution in [0.1, 0.15) is 42.1 Å². The number of hydrogen-bond donors (Lipinski definition) is 1. The Balaban J connectivity index is 1.96. The molecule has 2 aliphatic heterocycles. The second-order valence-electron chi connectivity index (χ2n) is 7.22. The summed E-state index contributed by atoms with van der Waals surface area (Å²) in [5.41, 5.74) is -0.321. The Kier molecular flexibility index (Phi) is 4.11. The van der Waals surface area contributed by atoms with Gasteiger partial charge in [-0.3, -0.25) is 4.79 Å². The zero-order chi connectivity index (χ0) is 17.6. The van der Waals surface area contributed by atoms with Gasteiger partial charge in [-0.15, -0.1) is 0 Å². The first kappa shape index (κ1) is 16.9. The summed E-state index contributed by atoms with van der Waals surface area (Å²) in [6, 6.07) is 4.84. The maximum atomic E-state index is 15.2. The first-order valence-electron chi connectivity index (χ1n) is 8.30. The van der Waals surface area contributed by atoms with Gasteiger partial charge in [-0.05, 0) is 36.7 Å². The molecule has 2 atom stereocenters. The molecule has 1 aromatic carbocycles. The van der Waals surface area contributed by atoms with E-state index in [2.05, 4.69) is 0 Å². The maximum absolute atomic E-state index is 15.2. The topological polar surface area (TPSA) is 60.9 Å². The van der Waals surface area contributed by atoms with Crippen molar-refractivity contribution >= 4 is 17.6 Å². The number of fused-ring (bicyclic) bond motifs is 1. The van der Waals surface area contributed by atoms with Gasteiger partial charge in [-0.2, -0.15) is 0 Å². The van der Waals surface area contributed by atoms with Crippen LogP contribution in [0, 0.1) is 5.92 Å². The van der Waals surface area contributed by atoms with E-state index in [1.165, 1.54) is 11.0 Å². The standard InChI is InChI=1S/C18H23FN2O3/c1-11(2)15-8-13(4-5-14(15)16(22)23)21-10-12-9-20(3)7-6-18(12,19)17(21)24/h4-5,8,11-12H,6-7,9-10H2,1-3H3,(H,22,23)/t12-,18+/m0/s1. The number of carboxylic acid groups (broad SMARTS) is 1. The average Bonchev–Trinajstić information content (AvgIpc) is 2.79. The van der Waals surface area contributed by atoms with E-state index >= 15 is 4.39 Å². The van der Waals surface area contributed by atoms with Gasteiger partial charge < -0.3 is 14.9 Å². The van der Waals surface area contributed by atoms with Crippen molar-refractivity contribution < 1.29 is 19.1 Å². The molecule has 0 aliphatic carbocycles. The van der Waals surface area contributed by atoms with Gasteiger partial charge in [0, 0.05) is 37.7 Å². The number of rotatable bonds is 3. The summed E-state index contributed by atoms with van der Waals surface area (Å²) in [7, 11) is 1.94. The molecule has 0 aromatic heterocycles. The number of piperidine rings is 1. The summed E-state index contributed by atoms with van der Waals surface area (Å²) >= 11 is 0. The van der Waals surface area contributed by atoms with E-state index in [-0.39, 0.29) is 23.8 Å². The van der Waals surface area contributed by atoms with Gasteiger partial charge in [0.2, 0.25) is 0 Å². The second-order valence-corrected chi connectivity index (χ2v) is 7.22. The minimum Gasteiger partial charge on any atom is -0.478 e. The van der Waals surface area contributed by atoms with E-state index in [4.69, 9.17) is 0 Å². The minimum atomic E-state index is -1.80. The number of halogens is 1. The predicted molar refractivity (Wildman–Crippen MR) is 89.3 cm³/mol. The number of carbonyl (C=O) groups is 2. The normalized spacial score (nSPS) is 27.6. The summed E-state index contributed by atoms with van der Waals surface area (Å²) in [5.74, 6) is -1.82. The molecule has 2 heterocycles. The maximum Gasteiger partial charge on any atom is 0.335 e. The van der Waals surface area contributed by atoms with E-state index in [0.29, 0.717) is 30.9 Å². The first-order valence-corrected chi connectivity index (χ1v) is 8.30. The number of benzene rings is 1. The molecular formula is C18H23FN2O3. The zero-order valence-electron chi connectivity index (χ0n) is 14.3. The highest BCUT2D eigenvalue weighted by Gasteiger charge is 2.57. The summed E-state index contributed by atoms with van der Waals surface area (Å²) < 4.78 is 15.2. The molecule has 3 rings (SSSR count). The van der Waals surface area contributed by atoms with Gasteiger partial charge in [0.1, 0.15) is 0 Å². The van der Waals surface area contributed by atoms with Crippen molar-refractivity contribution in [2.75, 3.05) is 31.6 Å². The monoisotopic (exact) mass is 334 g/mol. The van der Waals surface area contributed by atoms with Gasteiger partial charge in [0.05, 0.1) is 5.56 Å². The smallest absolute Gasteiger partial charge is 0.335 e. The summed E-state index contributed by atoms with van der Waals surface area (Å²) in [6.45, 7) is 5.28. The molecular weight excluding hydrogens is 311 g/mol. The minimum absolute atomic E-state index is 0.00139. The zero-order valence-corrected chi connectivity index (χ0v) is 14.3. The fraction of sp³-hybridized carbons (Fsp3) is 0.556. The van der Waals surface area contributed by atoms with Crippen molar-refractivity contribution in [3.8, 4) is 0 Å². The molecule has 0 unspecified atom stereocenters. The number of nitrogens with zero attached hydrogens (tertiary/aromatic N) is 2. The Morgan fingerprint density at radius 1 is 1.38 bits per heavy atom. The van der Waals surface area contributed by atoms with Crippen LogP contribution in [0.3, 0.4) is 0 Å². The fourth-order valence-corrected chi connectivity index (χ4v) is 3.79. The Hall–Kier alpha value is -1.95. The van der Waals surface area contributed by atoms with Gasteiger partial charge in [0.15, 0.2) is 5.67 Å². The van der Waals surface area contributed by atoms with Crippen LogP contribution in [0.25, 0.3) is 0 Å². The lowest BCUT2D eigenvalue weighted by atomic mass is 9.85.